The molecule has 3 heterocycles. The molecule has 2 aliphatic heterocycles. The van der Waals surface area contributed by atoms with Crippen molar-refractivity contribution in [2.45, 2.75) is 31.9 Å². The van der Waals surface area contributed by atoms with Crippen molar-refractivity contribution < 1.29 is 27.6 Å². The lowest BCUT2D eigenvalue weighted by Crippen LogP contribution is -2.38. The Labute approximate surface area is 276 Å². The second-order valence-electron chi connectivity index (χ2n) is 11.4. The molecule has 4 aromatic rings. The molecule has 0 unspecified atom stereocenters. The van der Waals surface area contributed by atoms with E-state index in [4.69, 9.17) is 19.0 Å². The van der Waals surface area contributed by atoms with E-state index >= 15 is 0 Å². The first-order valence-corrected chi connectivity index (χ1v) is 17.0. The van der Waals surface area contributed by atoms with Crippen LogP contribution in [0.5, 0.6) is 0 Å². The molecule has 0 atom stereocenters. The minimum atomic E-state index is -4.02. The summed E-state index contributed by atoms with van der Waals surface area (Å²) in [7, 11) is -4.02. The summed E-state index contributed by atoms with van der Waals surface area (Å²) in [6.45, 7) is 10.9. The summed E-state index contributed by atoms with van der Waals surface area (Å²) < 4.78 is 40.7. The van der Waals surface area contributed by atoms with Crippen LogP contribution in [0.4, 0.5) is 28.7 Å². The topological polar surface area (TPSA) is 149 Å². The third kappa shape index (κ3) is 9.86. The smallest absolute Gasteiger partial charge is 0.294 e. The molecule has 13 heteroatoms. The van der Waals surface area contributed by atoms with Gasteiger partial charge in [0.15, 0.2) is 0 Å². The number of hydrogen-bond donors (Lipinski definition) is 4. The van der Waals surface area contributed by atoms with Crippen LogP contribution >= 0.6 is 0 Å². The predicted octanol–water partition coefficient (Wildman–Crippen LogP) is 4.55. The van der Waals surface area contributed by atoms with Gasteiger partial charge in [-0.25, -0.2) is 9.97 Å². The van der Waals surface area contributed by atoms with Crippen LogP contribution in [0.1, 0.15) is 22.4 Å². The van der Waals surface area contributed by atoms with Crippen molar-refractivity contribution in [3.8, 4) is 0 Å². The molecule has 0 aliphatic carbocycles. The summed E-state index contributed by atoms with van der Waals surface area (Å²) in [5.41, 5.74) is 8.11. The monoisotopic (exact) mass is 662 g/mol. The average Bonchev–Trinajstić information content (AvgIpc) is 3.09. The van der Waals surface area contributed by atoms with E-state index in [-0.39, 0.29) is 11.5 Å². The number of nitrogens with zero attached hydrogens (tertiary/aromatic N) is 4. The largest absolute Gasteiger partial charge is 0.392 e. The van der Waals surface area contributed by atoms with Crippen molar-refractivity contribution in [2.75, 3.05) is 73.0 Å². The molecule has 2 aliphatic rings. The van der Waals surface area contributed by atoms with Gasteiger partial charge in [-0.1, -0.05) is 29.8 Å². The van der Waals surface area contributed by atoms with Gasteiger partial charge in [0.2, 0.25) is 5.95 Å². The Morgan fingerprint density at radius 1 is 0.830 bits per heavy atom. The highest BCUT2D eigenvalue weighted by atomic mass is 32.2. The van der Waals surface area contributed by atoms with Gasteiger partial charge in [-0.3, -0.25) is 4.55 Å². The van der Waals surface area contributed by atoms with E-state index < -0.39 is 10.1 Å². The third-order valence-electron chi connectivity index (χ3n) is 7.89. The van der Waals surface area contributed by atoms with Crippen LogP contribution in [0.15, 0.2) is 77.8 Å². The van der Waals surface area contributed by atoms with E-state index in [1.807, 2.05) is 38.1 Å². The number of aryl methyl sites for hydroxylation is 2. The van der Waals surface area contributed by atoms with Gasteiger partial charge >= 0.3 is 0 Å². The molecule has 2 saturated heterocycles. The lowest BCUT2D eigenvalue weighted by Gasteiger charge is -2.33. The molecule has 0 bridgehead atoms. The number of aliphatic hydroxyl groups is 1. The number of morpholine rings is 2. The van der Waals surface area contributed by atoms with Gasteiger partial charge in [-0.2, -0.15) is 8.42 Å². The van der Waals surface area contributed by atoms with Gasteiger partial charge in [0.1, 0.15) is 0 Å². The number of ether oxygens (including phenoxy) is 2. The summed E-state index contributed by atoms with van der Waals surface area (Å²) >= 11 is 0. The molecule has 12 nitrogen and oxygen atoms in total. The van der Waals surface area contributed by atoms with E-state index in [2.05, 4.69) is 43.6 Å². The highest BCUT2D eigenvalue weighted by Crippen LogP contribution is 2.30. The average molecular weight is 663 g/mol. The van der Waals surface area contributed by atoms with Gasteiger partial charge < -0.3 is 35.0 Å². The molecular formula is C34H42N6O6S. The molecule has 2 fully saturated rings. The number of aliphatic hydroxyl groups excluding tert-OH is 1. The maximum absolute atomic E-state index is 10.5. The first-order valence-electron chi connectivity index (χ1n) is 15.6. The third-order valence-corrected chi connectivity index (χ3v) is 8.76. The van der Waals surface area contributed by atoms with Crippen molar-refractivity contribution in [3.63, 3.8) is 0 Å². The second kappa shape index (κ2) is 16.0. The Balaban J connectivity index is 0.000000335. The Morgan fingerprint density at radius 3 is 2.02 bits per heavy atom. The molecular weight excluding hydrogens is 620 g/mol. The van der Waals surface area contributed by atoms with Crippen LogP contribution in [-0.2, 0) is 32.7 Å². The second-order valence-corrected chi connectivity index (χ2v) is 12.8. The van der Waals surface area contributed by atoms with Gasteiger partial charge in [-0.05, 0) is 67.4 Å². The van der Waals surface area contributed by atoms with E-state index in [9.17, 15) is 13.5 Å². The van der Waals surface area contributed by atoms with Gasteiger partial charge in [-0.15, -0.1) is 0 Å². The zero-order valence-electron chi connectivity index (χ0n) is 26.7. The molecule has 1 aromatic heterocycles. The van der Waals surface area contributed by atoms with Crippen molar-refractivity contribution in [2.24, 2.45) is 0 Å². The quantitative estimate of drug-likeness (QED) is 0.186. The lowest BCUT2D eigenvalue weighted by molar-refractivity contribution is 0.122. The molecule has 6 rings (SSSR count). The number of hydrogen-bond acceptors (Lipinski definition) is 11. The Hall–Kier alpha value is -4.27. The standard InChI is InChI=1S/C27H34N6O3.C7H8O3S/c1-20-2-3-21(19-34)14-26(20)29-18-22-4-5-28-27(30-22)31-23-15-24(32-6-10-35-11-7-32)17-25(16-23)33-8-12-36-13-9-33;1-6-2-4-7(5-3-6)11(8,9)10/h2-5,14-17,29,34H,6-13,18-19H2,1H3,(H,28,30,31);2-5H,1H3,(H,8,9,10). The van der Waals surface area contributed by atoms with Gasteiger partial charge in [0.05, 0.1) is 50.2 Å². The Morgan fingerprint density at radius 2 is 1.45 bits per heavy atom. The molecule has 0 saturated carbocycles. The zero-order chi connectivity index (χ0) is 33.2. The summed E-state index contributed by atoms with van der Waals surface area (Å²) in [5.74, 6) is 0.558. The fourth-order valence-corrected chi connectivity index (χ4v) is 5.69. The minimum Gasteiger partial charge on any atom is -0.392 e. The van der Waals surface area contributed by atoms with Crippen molar-refractivity contribution >= 4 is 38.8 Å². The Bertz CT molecular complexity index is 1690. The number of benzene rings is 3. The number of rotatable bonds is 9. The number of anilines is 5. The van der Waals surface area contributed by atoms with E-state index in [1.54, 1.807) is 18.3 Å². The summed E-state index contributed by atoms with van der Waals surface area (Å²) in [5, 5.41) is 16.3. The van der Waals surface area contributed by atoms with Crippen LogP contribution in [0.3, 0.4) is 0 Å². The molecule has 4 N–H and O–H groups in total. The van der Waals surface area contributed by atoms with Crippen molar-refractivity contribution in [1.82, 2.24) is 9.97 Å². The zero-order valence-corrected chi connectivity index (χ0v) is 27.5. The van der Waals surface area contributed by atoms with E-state index in [0.29, 0.717) is 12.5 Å². The summed E-state index contributed by atoms with van der Waals surface area (Å²) in [4.78, 5) is 13.9. The first kappa shape index (κ1) is 34.1. The fraction of sp³-hybridized carbons (Fsp3) is 0.353. The van der Waals surface area contributed by atoms with E-state index in [1.165, 1.54) is 23.5 Å². The SMILES string of the molecule is Cc1ccc(CO)cc1NCc1ccnc(Nc2cc(N3CCOCC3)cc(N3CCOCC3)c2)n1.Cc1ccc(S(=O)(=O)O)cc1. The fourth-order valence-electron chi connectivity index (χ4n) is 5.21. The predicted molar refractivity (Wildman–Crippen MR) is 183 cm³/mol. The van der Waals surface area contributed by atoms with Crippen LogP contribution in [0.25, 0.3) is 0 Å². The summed E-state index contributed by atoms with van der Waals surface area (Å²) in [6.07, 6.45) is 1.78. The number of nitrogens with one attached hydrogen (secondary N) is 2. The minimum absolute atomic E-state index is 0.0203. The van der Waals surface area contributed by atoms with Crippen LogP contribution in [-0.4, -0.2) is 80.7 Å². The molecule has 0 amide bonds. The van der Waals surface area contributed by atoms with Crippen LogP contribution < -0.4 is 20.4 Å². The molecule has 47 heavy (non-hydrogen) atoms. The summed E-state index contributed by atoms with van der Waals surface area (Å²) in [6, 6.07) is 20.4. The Kier molecular flexibility index (Phi) is 11.6. The molecule has 3 aromatic carbocycles. The number of aromatic nitrogens is 2. The van der Waals surface area contributed by atoms with Gasteiger partial charge in [0.25, 0.3) is 10.1 Å². The maximum Gasteiger partial charge on any atom is 0.294 e. The lowest BCUT2D eigenvalue weighted by atomic mass is 10.1. The molecule has 0 radical (unpaired) electrons. The highest BCUT2D eigenvalue weighted by Gasteiger charge is 2.17. The molecule has 0 spiro atoms. The normalized spacial score (nSPS) is 15.1. The highest BCUT2D eigenvalue weighted by molar-refractivity contribution is 7.85. The maximum atomic E-state index is 10.5. The van der Waals surface area contributed by atoms with Crippen LogP contribution in [0, 0.1) is 13.8 Å². The van der Waals surface area contributed by atoms with Crippen molar-refractivity contribution in [1.29, 1.82) is 0 Å². The van der Waals surface area contributed by atoms with E-state index in [0.717, 1.165) is 86.4 Å². The molecule has 250 valence electrons. The first-order chi connectivity index (χ1) is 22.7. The van der Waals surface area contributed by atoms with Gasteiger partial charge in [0, 0.05) is 55.1 Å². The van der Waals surface area contributed by atoms with Crippen LogP contribution in [0.2, 0.25) is 0 Å². The van der Waals surface area contributed by atoms with Crippen molar-refractivity contribution in [3.05, 3.63) is 95.3 Å².